The van der Waals surface area contributed by atoms with Crippen LogP contribution in [-0.2, 0) is 10.4 Å². The molecule has 0 aliphatic carbocycles. The van der Waals surface area contributed by atoms with Crippen LogP contribution in [-0.4, -0.2) is 97.1 Å². The standard InChI is InChI=1S/C20H24N2O2.H2O4S.7H2O/c1-3-13-12-22-9-7-14(13)10-19(22)20(23)16-6-8-21-18-5-4-15(24-2)11-17(16)18;1-5(2,3)4;;;;;;;/h3-6,8,11,13-14,19-20,23H,1,7,9-10,12H2,2H3;(H2,1,2,3,4);7*1H2. The van der Waals surface area contributed by atoms with Gasteiger partial charge in [0.2, 0.25) is 0 Å². The molecule has 0 saturated carbocycles. The molecule has 3 aliphatic heterocycles. The number of ether oxygens (including phenoxy) is 1. The zero-order valence-electron chi connectivity index (χ0n) is 19.7. The van der Waals surface area contributed by atoms with Crippen molar-refractivity contribution in [2.45, 2.75) is 25.0 Å². The van der Waals surface area contributed by atoms with Crippen molar-refractivity contribution in [3.05, 3.63) is 48.7 Å². The molecule has 0 radical (unpaired) electrons. The van der Waals surface area contributed by atoms with Crippen molar-refractivity contribution in [3.8, 4) is 5.75 Å². The van der Waals surface area contributed by atoms with Crippen LogP contribution >= 0.6 is 0 Å². The van der Waals surface area contributed by atoms with E-state index in [0.29, 0.717) is 11.8 Å². The molecule has 0 amide bonds. The molecule has 2 bridgehead atoms. The molecule has 0 spiro atoms. The predicted molar refractivity (Wildman–Crippen MR) is 135 cm³/mol. The summed E-state index contributed by atoms with van der Waals surface area (Å²) in [6, 6.07) is 7.96. The fourth-order valence-electron chi connectivity index (χ4n) is 4.44. The summed E-state index contributed by atoms with van der Waals surface area (Å²) >= 11 is 0. The van der Waals surface area contributed by atoms with Crippen molar-refractivity contribution in [2.75, 3.05) is 20.2 Å². The molecule has 5 atom stereocenters. The van der Waals surface area contributed by atoms with Gasteiger partial charge in [-0.15, -0.1) is 6.58 Å². The number of aliphatic hydroxyl groups is 1. The van der Waals surface area contributed by atoms with E-state index in [-0.39, 0.29) is 44.4 Å². The zero-order chi connectivity index (χ0) is 21.2. The minimum atomic E-state index is -4.67. The van der Waals surface area contributed by atoms with Gasteiger partial charge in [-0.05, 0) is 61.1 Å². The van der Waals surface area contributed by atoms with Crippen molar-refractivity contribution in [3.63, 3.8) is 0 Å². The summed E-state index contributed by atoms with van der Waals surface area (Å²) in [6.45, 7) is 6.07. The third-order valence-corrected chi connectivity index (χ3v) is 5.82. The van der Waals surface area contributed by atoms with Crippen LogP contribution in [0.25, 0.3) is 10.9 Å². The molecule has 3 aliphatic rings. The molecule has 214 valence electrons. The number of aliphatic hydroxyl groups excluding tert-OH is 1. The van der Waals surface area contributed by atoms with Crippen molar-refractivity contribution in [1.29, 1.82) is 0 Å². The Bertz CT molecular complexity index is 985. The smallest absolute Gasteiger partial charge is 0.394 e. The molecule has 15 nitrogen and oxygen atoms in total. The topological polar surface area (TPSA) is 341 Å². The first-order valence-corrected chi connectivity index (χ1v) is 10.8. The van der Waals surface area contributed by atoms with Gasteiger partial charge in [-0.25, -0.2) is 0 Å². The van der Waals surface area contributed by atoms with Gasteiger partial charge in [0, 0.05) is 24.2 Å². The lowest BCUT2D eigenvalue weighted by Crippen LogP contribution is -2.54. The molecule has 3 saturated heterocycles. The fraction of sp³-hybridized carbons (Fsp3) is 0.450. The molecule has 16 heteroatoms. The molecule has 2 aromatic rings. The number of pyridine rings is 1. The molecule has 17 N–H and O–H groups in total. The lowest BCUT2D eigenvalue weighted by molar-refractivity contribution is -0.0444. The number of benzene rings is 1. The maximum atomic E-state index is 11.2. The summed E-state index contributed by atoms with van der Waals surface area (Å²) in [4.78, 5) is 6.86. The molecule has 4 heterocycles. The summed E-state index contributed by atoms with van der Waals surface area (Å²) in [7, 11) is -3.01. The Hall–Kier alpha value is -2.32. The maximum Gasteiger partial charge on any atom is 0.394 e. The Labute approximate surface area is 208 Å². The van der Waals surface area contributed by atoms with E-state index in [1.807, 2.05) is 24.3 Å². The molecule has 3 fully saturated rings. The van der Waals surface area contributed by atoms with Crippen LogP contribution in [0, 0.1) is 11.8 Å². The van der Waals surface area contributed by atoms with Crippen LogP contribution < -0.4 is 4.74 Å². The Balaban J connectivity index is -0.000000246. The molecule has 36 heavy (non-hydrogen) atoms. The second kappa shape index (κ2) is 18.0. The summed E-state index contributed by atoms with van der Waals surface area (Å²) in [5.41, 5.74) is 1.85. The van der Waals surface area contributed by atoms with Gasteiger partial charge in [0.25, 0.3) is 0 Å². The van der Waals surface area contributed by atoms with E-state index in [1.165, 1.54) is 6.42 Å². The van der Waals surface area contributed by atoms with Gasteiger partial charge in [0.05, 0.1) is 18.7 Å². The number of fused-ring (bicyclic) bond motifs is 4. The van der Waals surface area contributed by atoms with Gasteiger partial charge in [-0.3, -0.25) is 19.0 Å². The average Bonchev–Trinajstić information content (AvgIpc) is 2.71. The first-order valence-electron chi connectivity index (χ1n) is 9.38. The monoisotopic (exact) mass is 548 g/mol. The molecule has 5 rings (SSSR count). The fourth-order valence-corrected chi connectivity index (χ4v) is 4.44. The summed E-state index contributed by atoms with van der Waals surface area (Å²) in [5.74, 6) is 2.01. The van der Waals surface area contributed by atoms with Crippen molar-refractivity contribution < 1.29 is 65.7 Å². The molecular formula is C20H40N2O13S. The van der Waals surface area contributed by atoms with Crippen molar-refractivity contribution in [2.24, 2.45) is 11.8 Å². The minimum absolute atomic E-state index is 0. The molecular weight excluding hydrogens is 508 g/mol. The summed E-state index contributed by atoms with van der Waals surface area (Å²) in [5, 5.41) is 12.1. The third-order valence-electron chi connectivity index (χ3n) is 5.82. The van der Waals surface area contributed by atoms with E-state index in [1.54, 1.807) is 13.3 Å². The summed E-state index contributed by atoms with van der Waals surface area (Å²) in [6.07, 6.45) is 5.62. The van der Waals surface area contributed by atoms with Crippen LogP contribution in [0.4, 0.5) is 0 Å². The molecule has 1 aromatic heterocycles. The summed E-state index contributed by atoms with van der Waals surface area (Å²) < 4.78 is 36.9. The molecule has 5 unspecified atom stereocenters. The van der Waals surface area contributed by atoms with Gasteiger partial charge in [-0.2, -0.15) is 8.42 Å². The van der Waals surface area contributed by atoms with E-state index in [2.05, 4.69) is 22.5 Å². The van der Waals surface area contributed by atoms with Crippen LogP contribution in [0.1, 0.15) is 24.5 Å². The Morgan fingerprint density at radius 3 is 2.17 bits per heavy atom. The van der Waals surface area contributed by atoms with E-state index in [0.717, 1.165) is 41.7 Å². The SMILES string of the molecule is C=CC1CN2CCC1CC2C(O)c1ccnc2ccc(OC)cc12.O.O.O.O.O.O.O.O=S(=O)(O)O. The average molecular weight is 549 g/mol. The highest BCUT2D eigenvalue weighted by atomic mass is 32.3. The van der Waals surface area contributed by atoms with Gasteiger partial charge in [-0.1, -0.05) is 6.08 Å². The van der Waals surface area contributed by atoms with Crippen molar-refractivity contribution in [1.82, 2.24) is 9.88 Å². The highest BCUT2D eigenvalue weighted by Crippen LogP contribution is 2.42. The lowest BCUT2D eigenvalue weighted by atomic mass is 9.73. The van der Waals surface area contributed by atoms with Crippen LogP contribution in [0.2, 0.25) is 0 Å². The van der Waals surface area contributed by atoms with Crippen LogP contribution in [0.3, 0.4) is 0 Å². The number of methoxy groups -OCH3 is 1. The quantitative estimate of drug-likeness (QED) is 0.256. The Morgan fingerprint density at radius 1 is 1.11 bits per heavy atom. The number of hydrogen-bond donors (Lipinski definition) is 3. The second-order valence-corrected chi connectivity index (χ2v) is 8.32. The highest BCUT2D eigenvalue weighted by molar-refractivity contribution is 7.79. The first-order chi connectivity index (χ1) is 13.7. The number of piperidine rings is 3. The van der Waals surface area contributed by atoms with Gasteiger partial charge in [0.15, 0.2) is 0 Å². The van der Waals surface area contributed by atoms with Gasteiger partial charge >= 0.3 is 10.4 Å². The lowest BCUT2D eigenvalue weighted by Gasteiger charge is -2.50. The normalized spacial score (nSPS) is 21.8. The highest BCUT2D eigenvalue weighted by Gasteiger charge is 2.42. The van der Waals surface area contributed by atoms with E-state index < -0.39 is 16.5 Å². The van der Waals surface area contributed by atoms with E-state index in [4.69, 9.17) is 22.3 Å². The van der Waals surface area contributed by atoms with E-state index in [9.17, 15) is 5.11 Å². The van der Waals surface area contributed by atoms with Gasteiger partial charge in [0.1, 0.15) is 5.75 Å². The number of aromatic nitrogens is 1. The predicted octanol–water partition coefficient (Wildman–Crippen LogP) is -3.25. The zero-order valence-corrected chi connectivity index (χ0v) is 20.5. The molecule has 1 aromatic carbocycles. The Kier molecular flexibility index (Phi) is 21.9. The number of rotatable bonds is 4. The first kappa shape index (κ1) is 43.7. The largest absolute Gasteiger partial charge is 0.497 e. The Morgan fingerprint density at radius 2 is 1.69 bits per heavy atom. The van der Waals surface area contributed by atoms with E-state index >= 15 is 0 Å². The van der Waals surface area contributed by atoms with Gasteiger partial charge < -0.3 is 48.2 Å². The number of hydrogen-bond acceptors (Lipinski definition) is 6. The van der Waals surface area contributed by atoms with Crippen LogP contribution in [0.15, 0.2) is 43.1 Å². The second-order valence-electron chi connectivity index (χ2n) is 7.42. The van der Waals surface area contributed by atoms with Crippen molar-refractivity contribution >= 4 is 21.3 Å². The minimum Gasteiger partial charge on any atom is -0.497 e. The third kappa shape index (κ3) is 10.3. The number of nitrogens with zero attached hydrogens (tertiary/aromatic N) is 2. The van der Waals surface area contributed by atoms with Crippen LogP contribution in [0.5, 0.6) is 5.75 Å². The maximum absolute atomic E-state index is 11.2.